The molecule has 114 valence electrons. The molecule has 0 spiro atoms. The highest BCUT2D eigenvalue weighted by molar-refractivity contribution is 7.80. The van der Waals surface area contributed by atoms with E-state index in [1.165, 1.54) is 0 Å². The van der Waals surface area contributed by atoms with Gasteiger partial charge in [-0.05, 0) is 42.4 Å². The molecular formula is C17H18N2O2S. The molecule has 0 bridgehead atoms. The first-order valence-corrected chi connectivity index (χ1v) is 7.36. The van der Waals surface area contributed by atoms with E-state index < -0.39 is 12.0 Å². The minimum Gasteiger partial charge on any atom is -0.480 e. The number of anilines is 1. The Balaban J connectivity index is 1.98. The van der Waals surface area contributed by atoms with Gasteiger partial charge < -0.3 is 15.7 Å². The molecule has 0 aliphatic rings. The average molecular weight is 314 g/mol. The van der Waals surface area contributed by atoms with Gasteiger partial charge in [0.1, 0.15) is 6.04 Å². The fourth-order valence-corrected chi connectivity index (χ4v) is 2.36. The number of carboxylic acids is 1. The lowest BCUT2D eigenvalue weighted by Crippen LogP contribution is -2.44. The standard InChI is InChI=1S/C17H18N2O2S/c1-12-6-5-9-14(10-12)18-17(22)19-15(16(20)21)11-13-7-3-2-4-8-13/h2-10,15H,11H2,1H3,(H,20,21)(H2,18,19,22). The van der Waals surface area contributed by atoms with Crippen molar-refractivity contribution in [2.24, 2.45) is 0 Å². The summed E-state index contributed by atoms with van der Waals surface area (Å²) < 4.78 is 0. The zero-order valence-electron chi connectivity index (χ0n) is 12.2. The lowest BCUT2D eigenvalue weighted by Gasteiger charge is -2.17. The first kappa shape index (κ1) is 16.0. The van der Waals surface area contributed by atoms with Crippen LogP contribution in [0.4, 0.5) is 5.69 Å². The molecule has 0 aliphatic carbocycles. The molecule has 0 saturated carbocycles. The molecular weight excluding hydrogens is 296 g/mol. The van der Waals surface area contributed by atoms with Crippen molar-refractivity contribution in [2.45, 2.75) is 19.4 Å². The molecule has 22 heavy (non-hydrogen) atoms. The Kier molecular flexibility index (Phi) is 5.49. The minimum absolute atomic E-state index is 0.300. The number of rotatable bonds is 5. The molecule has 4 nitrogen and oxygen atoms in total. The Morgan fingerprint density at radius 1 is 1.18 bits per heavy atom. The van der Waals surface area contributed by atoms with E-state index in [1.807, 2.05) is 61.5 Å². The van der Waals surface area contributed by atoms with Gasteiger partial charge in [0.15, 0.2) is 5.11 Å². The molecule has 0 radical (unpaired) electrons. The fourth-order valence-electron chi connectivity index (χ4n) is 2.10. The molecule has 0 heterocycles. The van der Waals surface area contributed by atoms with Gasteiger partial charge in [0.05, 0.1) is 0 Å². The van der Waals surface area contributed by atoms with Crippen LogP contribution >= 0.6 is 12.2 Å². The predicted molar refractivity (Wildman–Crippen MR) is 92.1 cm³/mol. The Bertz CT molecular complexity index is 659. The summed E-state index contributed by atoms with van der Waals surface area (Å²) in [7, 11) is 0. The van der Waals surface area contributed by atoms with Crippen LogP contribution in [0, 0.1) is 6.92 Å². The van der Waals surface area contributed by atoms with Crippen LogP contribution in [0.5, 0.6) is 0 Å². The number of carbonyl (C=O) groups is 1. The molecule has 5 heteroatoms. The Labute approximate surface area is 135 Å². The quantitative estimate of drug-likeness (QED) is 0.741. The van der Waals surface area contributed by atoms with E-state index in [1.54, 1.807) is 0 Å². The van der Waals surface area contributed by atoms with Crippen LogP contribution in [-0.2, 0) is 11.2 Å². The number of carboxylic acid groups (broad SMARTS) is 1. The van der Waals surface area contributed by atoms with Gasteiger partial charge in [-0.1, -0.05) is 42.5 Å². The van der Waals surface area contributed by atoms with E-state index in [2.05, 4.69) is 10.6 Å². The normalized spacial score (nSPS) is 11.5. The first-order valence-electron chi connectivity index (χ1n) is 6.95. The molecule has 0 saturated heterocycles. The second-order valence-electron chi connectivity index (χ2n) is 5.05. The van der Waals surface area contributed by atoms with E-state index in [-0.39, 0.29) is 0 Å². The van der Waals surface area contributed by atoms with E-state index >= 15 is 0 Å². The Hall–Kier alpha value is -2.40. The van der Waals surface area contributed by atoms with Gasteiger partial charge in [0.2, 0.25) is 0 Å². The molecule has 1 atom stereocenters. The van der Waals surface area contributed by atoms with E-state index in [0.717, 1.165) is 16.8 Å². The van der Waals surface area contributed by atoms with Gasteiger partial charge in [-0.15, -0.1) is 0 Å². The maximum absolute atomic E-state index is 11.4. The summed E-state index contributed by atoms with van der Waals surface area (Å²) in [4.78, 5) is 11.4. The van der Waals surface area contributed by atoms with Crippen molar-refractivity contribution in [1.29, 1.82) is 0 Å². The second-order valence-corrected chi connectivity index (χ2v) is 5.46. The predicted octanol–water partition coefficient (Wildman–Crippen LogP) is 2.98. The van der Waals surface area contributed by atoms with Gasteiger partial charge >= 0.3 is 5.97 Å². The fraction of sp³-hybridized carbons (Fsp3) is 0.176. The monoisotopic (exact) mass is 314 g/mol. The highest BCUT2D eigenvalue weighted by Crippen LogP contribution is 2.10. The highest BCUT2D eigenvalue weighted by Gasteiger charge is 2.18. The van der Waals surface area contributed by atoms with Gasteiger partial charge in [-0.2, -0.15) is 0 Å². The third-order valence-corrected chi connectivity index (χ3v) is 3.38. The summed E-state index contributed by atoms with van der Waals surface area (Å²) in [6.45, 7) is 1.98. The minimum atomic E-state index is -0.933. The summed E-state index contributed by atoms with van der Waals surface area (Å²) >= 11 is 5.21. The molecule has 2 aromatic carbocycles. The molecule has 3 N–H and O–H groups in total. The number of hydrogen-bond acceptors (Lipinski definition) is 2. The van der Waals surface area contributed by atoms with Crippen molar-refractivity contribution in [2.75, 3.05) is 5.32 Å². The number of benzene rings is 2. The maximum Gasteiger partial charge on any atom is 0.326 e. The van der Waals surface area contributed by atoms with Crippen molar-refractivity contribution in [3.8, 4) is 0 Å². The topological polar surface area (TPSA) is 61.4 Å². The van der Waals surface area contributed by atoms with E-state index in [0.29, 0.717) is 11.5 Å². The molecule has 2 rings (SSSR count). The summed E-state index contributed by atoms with van der Waals surface area (Å²) in [5, 5.41) is 15.5. The van der Waals surface area contributed by atoms with Crippen LogP contribution in [0.15, 0.2) is 54.6 Å². The summed E-state index contributed by atoms with van der Waals surface area (Å²) in [6, 6.07) is 16.4. The first-order chi connectivity index (χ1) is 10.5. The van der Waals surface area contributed by atoms with Crippen molar-refractivity contribution in [3.63, 3.8) is 0 Å². The van der Waals surface area contributed by atoms with Crippen molar-refractivity contribution in [3.05, 3.63) is 65.7 Å². The molecule has 0 aromatic heterocycles. The smallest absolute Gasteiger partial charge is 0.326 e. The van der Waals surface area contributed by atoms with Crippen LogP contribution < -0.4 is 10.6 Å². The number of thiocarbonyl (C=S) groups is 1. The maximum atomic E-state index is 11.4. The lowest BCUT2D eigenvalue weighted by molar-refractivity contribution is -0.139. The van der Waals surface area contributed by atoms with Crippen LogP contribution in [0.25, 0.3) is 0 Å². The zero-order valence-corrected chi connectivity index (χ0v) is 13.1. The van der Waals surface area contributed by atoms with Gasteiger partial charge in [0.25, 0.3) is 0 Å². The largest absolute Gasteiger partial charge is 0.480 e. The number of hydrogen-bond donors (Lipinski definition) is 3. The zero-order chi connectivity index (χ0) is 15.9. The van der Waals surface area contributed by atoms with Crippen LogP contribution in [0.3, 0.4) is 0 Å². The lowest BCUT2D eigenvalue weighted by atomic mass is 10.1. The summed E-state index contributed by atoms with van der Waals surface area (Å²) in [6.07, 6.45) is 0.367. The van der Waals surface area contributed by atoms with Gasteiger partial charge in [-0.3, -0.25) is 0 Å². The number of aryl methyl sites for hydroxylation is 1. The van der Waals surface area contributed by atoms with Crippen molar-refractivity contribution >= 4 is 29.0 Å². The van der Waals surface area contributed by atoms with Gasteiger partial charge in [0, 0.05) is 12.1 Å². The summed E-state index contributed by atoms with van der Waals surface area (Å²) in [5.74, 6) is -0.933. The van der Waals surface area contributed by atoms with Crippen LogP contribution in [-0.4, -0.2) is 22.2 Å². The number of nitrogens with one attached hydrogen (secondary N) is 2. The van der Waals surface area contributed by atoms with E-state index in [4.69, 9.17) is 12.2 Å². The number of aliphatic carboxylic acids is 1. The summed E-state index contributed by atoms with van der Waals surface area (Å²) in [5.41, 5.74) is 2.88. The SMILES string of the molecule is Cc1cccc(NC(=S)NC(Cc2ccccc2)C(=O)O)c1. The molecule has 0 fully saturated rings. The molecule has 1 unspecified atom stereocenters. The van der Waals surface area contributed by atoms with Crippen LogP contribution in [0.2, 0.25) is 0 Å². The van der Waals surface area contributed by atoms with Crippen molar-refractivity contribution in [1.82, 2.24) is 5.32 Å². The Morgan fingerprint density at radius 2 is 1.91 bits per heavy atom. The highest BCUT2D eigenvalue weighted by atomic mass is 32.1. The van der Waals surface area contributed by atoms with Crippen LogP contribution in [0.1, 0.15) is 11.1 Å². The Morgan fingerprint density at radius 3 is 2.55 bits per heavy atom. The van der Waals surface area contributed by atoms with Gasteiger partial charge in [-0.25, -0.2) is 4.79 Å². The third kappa shape index (κ3) is 4.86. The average Bonchev–Trinajstić information content (AvgIpc) is 2.47. The molecule has 2 aromatic rings. The second kappa shape index (κ2) is 7.56. The van der Waals surface area contributed by atoms with Crippen molar-refractivity contribution < 1.29 is 9.90 Å². The van der Waals surface area contributed by atoms with E-state index in [9.17, 15) is 9.90 Å². The molecule has 0 amide bonds. The molecule has 0 aliphatic heterocycles. The third-order valence-electron chi connectivity index (χ3n) is 3.16.